The predicted octanol–water partition coefficient (Wildman–Crippen LogP) is 1.66. The van der Waals surface area contributed by atoms with E-state index in [9.17, 15) is 14.4 Å². The Morgan fingerprint density at radius 3 is 2.44 bits per heavy atom. The van der Waals surface area contributed by atoms with Crippen LogP contribution >= 0.6 is 11.6 Å². The number of esters is 1. The Kier molecular flexibility index (Phi) is 4.85. The van der Waals surface area contributed by atoms with E-state index in [-0.39, 0.29) is 11.3 Å². The maximum atomic E-state index is 11.8. The number of carbonyl (C=O) groups excluding carboxylic acids is 3. The van der Waals surface area contributed by atoms with Crippen LogP contribution in [-0.2, 0) is 14.3 Å². The van der Waals surface area contributed by atoms with Crippen LogP contribution in [0.3, 0.4) is 0 Å². The number of halogens is 1. The van der Waals surface area contributed by atoms with Crippen molar-refractivity contribution < 1.29 is 23.9 Å². The van der Waals surface area contributed by atoms with E-state index in [2.05, 4.69) is 4.74 Å². The summed E-state index contributed by atoms with van der Waals surface area (Å²) < 4.78 is 9.21. The molecule has 1 rings (SSSR count). The van der Waals surface area contributed by atoms with E-state index in [1.165, 1.54) is 25.3 Å². The third-order valence-corrected chi connectivity index (χ3v) is 2.43. The van der Waals surface area contributed by atoms with Crippen molar-refractivity contribution >= 4 is 29.1 Å². The van der Waals surface area contributed by atoms with E-state index < -0.39 is 24.0 Å². The molecule has 18 heavy (non-hydrogen) atoms. The molecule has 0 aliphatic carbocycles. The highest BCUT2D eigenvalue weighted by molar-refractivity contribution is 6.38. The molecule has 0 aliphatic heterocycles. The highest BCUT2D eigenvalue weighted by atomic mass is 35.5. The highest BCUT2D eigenvalue weighted by Crippen LogP contribution is 2.24. The minimum atomic E-state index is -1.05. The van der Waals surface area contributed by atoms with Crippen molar-refractivity contribution in [2.75, 3.05) is 14.2 Å². The van der Waals surface area contributed by atoms with E-state index in [1.54, 1.807) is 0 Å². The number of rotatable bonds is 5. The molecule has 0 N–H and O–H groups in total. The molecule has 0 amide bonds. The lowest BCUT2D eigenvalue weighted by atomic mass is 10.1. The normalized spacial score (nSPS) is 9.72. The molecule has 5 nitrogen and oxygen atoms in total. The highest BCUT2D eigenvalue weighted by Gasteiger charge is 2.21. The zero-order valence-electron chi connectivity index (χ0n) is 9.86. The van der Waals surface area contributed by atoms with E-state index in [1.807, 2.05) is 0 Å². The molecule has 0 radical (unpaired) electrons. The average Bonchev–Trinajstić information content (AvgIpc) is 2.37. The third-order valence-electron chi connectivity index (χ3n) is 2.20. The van der Waals surface area contributed by atoms with Gasteiger partial charge in [-0.15, -0.1) is 0 Å². The Bertz CT molecular complexity index is 495. The van der Waals surface area contributed by atoms with Gasteiger partial charge >= 0.3 is 5.97 Å². The van der Waals surface area contributed by atoms with Gasteiger partial charge in [-0.05, 0) is 18.2 Å². The summed E-state index contributed by atoms with van der Waals surface area (Å²) in [6, 6.07) is 4.39. The van der Waals surface area contributed by atoms with Crippen molar-refractivity contribution in [2.24, 2.45) is 0 Å². The van der Waals surface area contributed by atoms with Crippen LogP contribution in [-0.4, -0.2) is 31.8 Å². The van der Waals surface area contributed by atoms with Crippen LogP contribution < -0.4 is 4.74 Å². The molecule has 0 saturated heterocycles. The van der Waals surface area contributed by atoms with Crippen LogP contribution in [0.1, 0.15) is 16.8 Å². The van der Waals surface area contributed by atoms with Crippen LogP contribution in [0.15, 0.2) is 18.2 Å². The van der Waals surface area contributed by atoms with Gasteiger partial charge in [-0.3, -0.25) is 9.59 Å². The Labute approximate surface area is 109 Å². The van der Waals surface area contributed by atoms with E-state index in [0.29, 0.717) is 5.02 Å². The van der Waals surface area contributed by atoms with Crippen LogP contribution in [0.25, 0.3) is 0 Å². The smallest absolute Gasteiger partial charge is 0.374 e. The van der Waals surface area contributed by atoms with Gasteiger partial charge in [0, 0.05) is 5.02 Å². The summed E-state index contributed by atoms with van der Waals surface area (Å²) in [6.45, 7) is 0. The van der Waals surface area contributed by atoms with Gasteiger partial charge < -0.3 is 9.47 Å². The molecule has 0 aromatic heterocycles. The van der Waals surface area contributed by atoms with Crippen molar-refractivity contribution in [2.45, 2.75) is 6.42 Å². The van der Waals surface area contributed by atoms with Crippen molar-refractivity contribution in [3.63, 3.8) is 0 Å². The summed E-state index contributed by atoms with van der Waals surface area (Å²) >= 11 is 5.75. The molecule has 0 bridgehead atoms. The fourth-order valence-corrected chi connectivity index (χ4v) is 1.48. The molecule has 1 aromatic carbocycles. The van der Waals surface area contributed by atoms with E-state index in [4.69, 9.17) is 16.3 Å². The summed E-state index contributed by atoms with van der Waals surface area (Å²) in [5, 5.41) is 0.405. The average molecular weight is 271 g/mol. The van der Waals surface area contributed by atoms with Gasteiger partial charge in [-0.2, -0.15) is 0 Å². The van der Waals surface area contributed by atoms with Gasteiger partial charge in [0.05, 0.1) is 26.2 Å². The molecule has 0 spiro atoms. The number of benzene rings is 1. The molecule has 96 valence electrons. The van der Waals surface area contributed by atoms with Gasteiger partial charge in [0.15, 0.2) is 5.78 Å². The lowest BCUT2D eigenvalue weighted by molar-refractivity contribution is -0.151. The Balaban J connectivity index is 2.91. The van der Waals surface area contributed by atoms with Gasteiger partial charge in [0.25, 0.3) is 0 Å². The summed E-state index contributed by atoms with van der Waals surface area (Å²) in [7, 11) is 2.46. The number of carbonyl (C=O) groups is 3. The largest absolute Gasteiger partial charge is 0.496 e. The van der Waals surface area contributed by atoms with E-state index >= 15 is 0 Å². The molecule has 1 aromatic rings. The van der Waals surface area contributed by atoms with Crippen molar-refractivity contribution in [1.29, 1.82) is 0 Å². The number of ketones is 2. The third kappa shape index (κ3) is 3.30. The van der Waals surface area contributed by atoms with Gasteiger partial charge in [-0.25, -0.2) is 4.79 Å². The molecule has 0 unspecified atom stereocenters. The van der Waals surface area contributed by atoms with E-state index in [0.717, 1.165) is 7.11 Å². The van der Waals surface area contributed by atoms with Crippen LogP contribution in [0, 0.1) is 0 Å². The molecule has 0 fully saturated rings. The number of methoxy groups -OCH3 is 2. The van der Waals surface area contributed by atoms with Crippen molar-refractivity contribution in [3.05, 3.63) is 28.8 Å². The minimum absolute atomic E-state index is 0.194. The van der Waals surface area contributed by atoms with Crippen molar-refractivity contribution in [1.82, 2.24) is 0 Å². The fraction of sp³-hybridized carbons (Fsp3) is 0.250. The molecule has 0 aliphatic rings. The van der Waals surface area contributed by atoms with Crippen LogP contribution in [0.5, 0.6) is 5.75 Å². The first-order chi connectivity index (χ1) is 8.49. The maximum absolute atomic E-state index is 11.8. The first-order valence-electron chi connectivity index (χ1n) is 4.97. The molecular formula is C12H11ClO5. The summed E-state index contributed by atoms with van der Waals surface area (Å²) in [5.41, 5.74) is 0.194. The zero-order valence-corrected chi connectivity index (χ0v) is 10.6. The number of hydrogen-bond acceptors (Lipinski definition) is 5. The molecule has 0 saturated carbocycles. The molecule has 0 atom stereocenters. The SMILES string of the molecule is COC(=O)C(=O)CC(=O)c1ccc(Cl)cc1OC. The summed E-state index contributed by atoms with van der Waals surface area (Å²) in [4.78, 5) is 34.0. The minimum Gasteiger partial charge on any atom is -0.496 e. The first-order valence-corrected chi connectivity index (χ1v) is 5.35. The lowest BCUT2D eigenvalue weighted by Gasteiger charge is -2.07. The second-order valence-electron chi connectivity index (χ2n) is 3.36. The standard InChI is InChI=1S/C12H11ClO5/c1-17-11-5-7(13)3-4-8(11)9(14)6-10(15)12(16)18-2/h3-5H,6H2,1-2H3. The first kappa shape index (κ1) is 14.2. The summed E-state index contributed by atoms with van der Waals surface area (Å²) in [5.74, 6) is -2.22. The van der Waals surface area contributed by atoms with Gasteiger partial charge in [0.1, 0.15) is 5.75 Å². The Morgan fingerprint density at radius 2 is 1.89 bits per heavy atom. The Morgan fingerprint density at radius 1 is 1.22 bits per heavy atom. The maximum Gasteiger partial charge on any atom is 0.374 e. The Hall–Kier alpha value is -1.88. The quantitative estimate of drug-likeness (QED) is 0.352. The molecule has 6 heteroatoms. The zero-order chi connectivity index (χ0) is 13.7. The monoisotopic (exact) mass is 270 g/mol. The van der Waals surface area contributed by atoms with Gasteiger partial charge in [0.2, 0.25) is 5.78 Å². The molecule has 0 heterocycles. The molecular weight excluding hydrogens is 260 g/mol. The predicted molar refractivity (Wildman–Crippen MR) is 64.0 cm³/mol. The second kappa shape index (κ2) is 6.16. The van der Waals surface area contributed by atoms with Crippen molar-refractivity contribution in [3.8, 4) is 5.75 Å². The topological polar surface area (TPSA) is 69.7 Å². The number of ether oxygens (including phenoxy) is 2. The summed E-state index contributed by atoms with van der Waals surface area (Å²) in [6.07, 6.45) is -0.565. The number of Topliss-reactive ketones (excluding diaryl/α,β-unsaturated/α-hetero) is 2. The fourth-order valence-electron chi connectivity index (χ4n) is 1.32. The van der Waals surface area contributed by atoms with Crippen LogP contribution in [0.2, 0.25) is 5.02 Å². The van der Waals surface area contributed by atoms with Crippen LogP contribution in [0.4, 0.5) is 0 Å². The second-order valence-corrected chi connectivity index (χ2v) is 3.80. The lowest BCUT2D eigenvalue weighted by Crippen LogP contribution is -2.19. The van der Waals surface area contributed by atoms with Gasteiger partial charge in [-0.1, -0.05) is 11.6 Å². The number of hydrogen-bond donors (Lipinski definition) is 0.